The molecule has 0 bridgehead atoms. The van der Waals surface area contributed by atoms with Gasteiger partial charge in [-0.15, -0.1) is 0 Å². The molecule has 258 valence electrons. The lowest BCUT2D eigenvalue weighted by Gasteiger charge is -2.34. The summed E-state index contributed by atoms with van der Waals surface area (Å²) in [6, 6.07) is 61.5. The summed E-state index contributed by atoms with van der Waals surface area (Å²) >= 11 is 1.78. The smallest absolute Gasteiger partial charge is 0.200 e. The number of rotatable bonds is 3. The van der Waals surface area contributed by atoms with Crippen LogP contribution in [0.25, 0.3) is 76.9 Å². The van der Waals surface area contributed by atoms with E-state index in [1.165, 1.54) is 21.5 Å². The normalized spacial score (nSPS) is 12.7. The third kappa shape index (κ3) is 4.40. The Kier molecular flexibility index (Phi) is 6.36. The fraction of sp³-hybridized carbons (Fsp3) is 0. The third-order valence-electron chi connectivity index (χ3n) is 11.1. The van der Waals surface area contributed by atoms with Crippen LogP contribution in [0.15, 0.2) is 195 Å². The second-order valence-corrected chi connectivity index (χ2v) is 15.2. The highest BCUT2D eigenvalue weighted by Gasteiger charge is 2.28. The molecule has 0 saturated carbocycles. The highest BCUT2D eigenvalue weighted by molar-refractivity contribution is 7.99. The van der Waals surface area contributed by atoms with Crippen molar-refractivity contribution in [3.05, 3.63) is 186 Å². The van der Waals surface area contributed by atoms with E-state index >= 15 is 0 Å². The van der Waals surface area contributed by atoms with Crippen LogP contribution in [0.1, 0.15) is 0 Å². The van der Waals surface area contributed by atoms with Gasteiger partial charge in [-0.1, -0.05) is 96.7 Å². The van der Waals surface area contributed by atoms with Gasteiger partial charge in [0.15, 0.2) is 0 Å². The molecule has 0 spiro atoms. The van der Waals surface area contributed by atoms with E-state index in [2.05, 4.69) is 154 Å². The fourth-order valence-corrected chi connectivity index (χ4v) is 9.69. The number of hydrogen-bond acceptors (Lipinski definition) is 4. The third-order valence-corrected chi connectivity index (χ3v) is 12.2. The standard InChI is InChI=1S/C49H29N3O2S/c53-49-37-15-5-10-20-45(37)54-46-29-32(21-24-38(46)49)52-43-27-30(50-39-16-6-1-11-33(39)34-12-2-7-17-40(34)50)22-25-47(43)55-48-26-23-31(28-44(48)52)51-41-18-8-3-13-35(41)36-14-4-9-19-42(36)51/h1-29H. The fourth-order valence-electron chi connectivity index (χ4n) is 8.67. The van der Waals surface area contributed by atoms with Crippen molar-refractivity contribution >= 4 is 94.4 Å². The van der Waals surface area contributed by atoms with Gasteiger partial charge in [0.05, 0.1) is 44.2 Å². The average molecular weight is 724 g/mol. The Balaban J connectivity index is 1.13. The molecule has 0 unspecified atom stereocenters. The highest BCUT2D eigenvalue weighted by Crippen LogP contribution is 2.53. The quantitative estimate of drug-likeness (QED) is 0.170. The van der Waals surface area contributed by atoms with Gasteiger partial charge in [0.2, 0.25) is 5.43 Å². The molecule has 0 radical (unpaired) electrons. The van der Waals surface area contributed by atoms with Crippen molar-refractivity contribution < 1.29 is 4.42 Å². The van der Waals surface area contributed by atoms with Gasteiger partial charge in [-0.25, -0.2) is 0 Å². The van der Waals surface area contributed by atoms with E-state index in [1.807, 2.05) is 36.4 Å². The van der Waals surface area contributed by atoms with Crippen molar-refractivity contribution in [3.8, 4) is 11.4 Å². The molecule has 5 nitrogen and oxygen atoms in total. The topological polar surface area (TPSA) is 43.3 Å². The number of aromatic nitrogens is 2. The molecule has 3 aromatic heterocycles. The molecule has 55 heavy (non-hydrogen) atoms. The minimum atomic E-state index is -0.0271. The van der Waals surface area contributed by atoms with Gasteiger partial charge in [0.1, 0.15) is 11.2 Å². The molecule has 12 rings (SSSR count). The van der Waals surface area contributed by atoms with E-state index in [1.54, 1.807) is 11.8 Å². The maximum atomic E-state index is 13.7. The van der Waals surface area contributed by atoms with Crippen molar-refractivity contribution in [1.29, 1.82) is 0 Å². The van der Waals surface area contributed by atoms with Gasteiger partial charge in [0.25, 0.3) is 0 Å². The van der Waals surface area contributed by atoms with Crippen LogP contribution in [0.5, 0.6) is 0 Å². The number of benzene rings is 8. The second-order valence-electron chi connectivity index (χ2n) is 14.1. The molecule has 6 heteroatoms. The Bertz CT molecular complexity index is 3190. The monoisotopic (exact) mass is 723 g/mol. The molecule has 0 aliphatic carbocycles. The molecule has 0 amide bonds. The summed E-state index contributed by atoms with van der Waals surface area (Å²) in [6.45, 7) is 0. The van der Waals surface area contributed by atoms with Crippen LogP contribution < -0.4 is 10.3 Å². The summed E-state index contributed by atoms with van der Waals surface area (Å²) in [5.74, 6) is 0. The van der Waals surface area contributed by atoms with Crippen molar-refractivity contribution in [2.24, 2.45) is 0 Å². The van der Waals surface area contributed by atoms with E-state index in [4.69, 9.17) is 4.42 Å². The molecule has 8 aromatic carbocycles. The Hall–Kier alpha value is -7.02. The zero-order chi connectivity index (χ0) is 36.2. The predicted molar refractivity (Wildman–Crippen MR) is 227 cm³/mol. The largest absolute Gasteiger partial charge is 0.456 e. The van der Waals surface area contributed by atoms with Crippen LogP contribution in [-0.2, 0) is 0 Å². The van der Waals surface area contributed by atoms with Crippen LogP contribution in [0.2, 0.25) is 0 Å². The van der Waals surface area contributed by atoms with Crippen molar-refractivity contribution in [2.75, 3.05) is 4.90 Å². The van der Waals surface area contributed by atoms with Crippen LogP contribution in [0, 0.1) is 0 Å². The zero-order valence-electron chi connectivity index (χ0n) is 29.3. The summed E-state index contributed by atoms with van der Waals surface area (Å²) in [5.41, 5.74) is 10.9. The van der Waals surface area contributed by atoms with Crippen LogP contribution in [0.3, 0.4) is 0 Å². The lowest BCUT2D eigenvalue weighted by atomic mass is 10.1. The lowest BCUT2D eigenvalue weighted by Crippen LogP contribution is -2.16. The first kappa shape index (κ1) is 30.4. The Morgan fingerprint density at radius 1 is 0.382 bits per heavy atom. The molecule has 4 heterocycles. The van der Waals surface area contributed by atoms with Crippen LogP contribution in [0.4, 0.5) is 17.1 Å². The van der Waals surface area contributed by atoms with Gasteiger partial charge in [-0.05, 0) is 84.9 Å². The molecule has 0 fully saturated rings. The Morgan fingerprint density at radius 2 is 0.800 bits per heavy atom. The van der Waals surface area contributed by atoms with Gasteiger partial charge in [-0.2, -0.15) is 0 Å². The lowest BCUT2D eigenvalue weighted by molar-refractivity contribution is 0.660. The predicted octanol–water partition coefficient (Wildman–Crippen LogP) is 13.1. The number of nitrogens with zero attached hydrogens (tertiary/aromatic N) is 3. The van der Waals surface area contributed by atoms with E-state index in [0.717, 1.165) is 60.3 Å². The van der Waals surface area contributed by atoms with Gasteiger partial charge in [0, 0.05) is 54.5 Å². The first-order valence-electron chi connectivity index (χ1n) is 18.4. The number of hydrogen-bond donors (Lipinski definition) is 0. The molecule has 1 aliphatic heterocycles. The zero-order valence-corrected chi connectivity index (χ0v) is 30.1. The summed E-state index contributed by atoms with van der Waals surface area (Å²) in [5, 5.41) is 6.03. The molecule has 0 N–H and O–H groups in total. The van der Waals surface area contributed by atoms with Gasteiger partial charge >= 0.3 is 0 Å². The van der Waals surface area contributed by atoms with Crippen molar-refractivity contribution in [1.82, 2.24) is 9.13 Å². The number of fused-ring (bicyclic) bond motifs is 10. The Labute approximate surface area is 318 Å². The molecule has 1 aliphatic rings. The molecular formula is C49H29N3O2S. The molecule has 0 saturated heterocycles. The second kappa shape index (κ2) is 11.5. The first-order valence-corrected chi connectivity index (χ1v) is 19.2. The number of para-hydroxylation sites is 5. The molecular weight excluding hydrogens is 695 g/mol. The minimum Gasteiger partial charge on any atom is -0.456 e. The SMILES string of the molecule is O=c1c2ccccc2oc2cc(N3c4cc(-n5c6ccccc6c6ccccc65)ccc4Sc4ccc(-n5c6ccccc6c6ccccc65)cc43)ccc12. The summed E-state index contributed by atoms with van der Waals surface area (Å²) in [4.78, 5) is 18.3. The number of anilines is 3. The van der Waals surface area contributed by atoms with Crippen molar-refractivity contribution in [2.45, 2.75) is 9.79 Å². The van der Waals surface area contributed by atoms with Crippen molar-refractivity contribution in [3.63, 3.8) is 0 Å². The van der Waals surface area contributed by atoms with Gasteiger partial charge in [-0.3, -0.25) is 4.79 Å². The summed E-state index contributed by atoms with van der Waals surface area (Å²) in [6.07, 6.45) is 0. The maximum Gasteiger partial charge on any atom is 0.200 e. The average Bonchev–Trinajstić information content (AvgIpc) is 3.76. The van der Waals surface area contributed by atoms with E-state index in [-0.39, 0.29) is 5.43 Å². The Morgan fingerprint density at radius 3 is 1.31 bits per heavy atom. The van der Waals surface area contributed by atoms with E-state index in [9.17, 15) is 4.79 Å². The molecule has 11 aromatic rings. The first-order chi connectivity index (χ1) is 27.2. The molecule has 0 atom stereocenters. The highest BCUT2D eigenvalue weighted by atomic mass is 32.2. The van der Waals surface area contributed by atoms with Crippen LogP contribution >= 0.6 is 11.8 Å². The summed E-state index contributed by atoms with van der Waals surface area (Å²) in [7, 11) is 0. The minimum absolute atomic E-state index is 0.0271. The van der Waals surface area contributed by atoms with Gasteiger partial charge < -0.3 is 18.5 Å². The van der Waals surface area contributed by atoms with E-state index in [0.29, 0.717) is 21.9 Å². The maximum absolute atomic E-state index is 13.7. The summed E-state index contributed by atoms with van der Waals surface area (Å²) < 4.78 is 11.2. The van der Waals surface area contributed by atoms with E-state index < -0.39 is 0 Å². The van der Waals surface area contributed by atoms with Crippen LogP contribution in [-0.4, -0.2) is 9.13 Å².